The third-order valence-corrected chi connectivity index (χ3v) is 3.35. The Bertz CT molecular complexity index is 694. The van der Waals surface area contributed by atoms with E-state index in [1.807, 2.05) is 29.7 Å². The normalized spacial score (nSPS) is 11.2. The number of carbonyl (C=O) groups excluding carboxylic acids is 1. The minimum absolute atomic E-state index is 0.275. The van der Waals surface area contributed by atoms with Crippen molar-refractivity contribution in [1.82, 2.24) is 9.78 Å². The maximum Gasteiger partial charge on any atom is 0.313 e. The Morgan fingerprint density at radius 3 is 2.95 bits per heavy atom. The van der Waals surface area contributed by atoms with Gasteiger partial charge in [-0.15, -0.1) is 11.3 Å². The zero-order valence-corrected chi connectivity index (χ0v) is 10.7. The van der Waals surface area contributed by atoms with E-state index in [1.54, 1.807) is 35.7 Å². The quantitative estimate of drug-likeness (QED) is 0.733. The van der Waals surface area contributed by atoms with Crippen molar-refractivity contribution < 1.29 is 9.21 Å². The first-order valence-electron chi connectivity index (χ1n) is 5.68. The van der Waals surface area contributed by atoms with E-state index >= 15 is 0 Å². The second-order valence-corrected chi connectivity index (χ2v) is 4.80. The highest BCUT2D eigenvalue weighted by atomic mass is 32.1. The zero-order valence-electron chi connectivity index (χ0n) is 9.89. The van der Waals surface area contributed by atoms with Gasteiger partial charge in [0.15, 0.2) is 5.76 Å². The molecule has 0 aliphatic heterocycles. The van der Waals surface area contributed by atoms with Crippen LogP contribution in [0.25, 0.3) is 12.2 Å². The summed E-state index contributed by atoms with van der Waals surface area (Å²) in [6.07, 6.45) is 6.93. The molecule has 0 fully saturated rings. The van der Waals surface area contributed by atoms with Gasteiger partial charge in [-0.05, 0) is 41.8 Å². The van der Waals surface area contributed by atoms with Gasteiger partial charge in [0.1, 0.15) is 0 Å². The third-order valence-electron chi connectivity index (χ3n) is 2.51. The SMILES string of the molecule is O=C(c1ccco1)n1ccc(C=Cc2cccs2)n1. The lowest BCUT2D eigenvalue weighted by Crippen LogP contribution is -2.11. The van der Waals surface area contributed by atoms with Gasteiger partial charge >= 0.3 is 5.91 Å². The molecule has 0 unspecified atom stereocenters. The number of nitrogens with zero attached hydrogens (tertiary/aromatic N) is 2. The Kier molecular flexibility index (Phi) is 3.12. The van der Waals surface area contributed by atoms with E-state index in [1.165, 1.54) is 10.9 Å². The van der Waals surface area contributed by atoms with E-state index in [2.05, 4.69) is 5.10 Å². The molecule has 3 heterocycles. The first kappa shape index (κ1) is 11.7. The average molecular weight is 270 g/mol. The molecule has 0 radical (unpaired) electrons. The van der Waals surface area contributed by atoms with E-state index in [0.717, 1.165) is 10.6 Å². The van der Waals surface area contributed by atoms with Crippen LogP contribution in [0.1, 0.15) is 21.1 Å². The molecule has 0 aliphatic carbocycles. The second-order valence-electron chi connectivity index (χ2n) is 3.82. The number of hydrogen-bond acceptors (Lipinski definition) is 4. The van der Waals surface area contributed by atoms with Crippen molar-refractivity contribution in [2.24, 2.45) is 0 Å². The van der Waals surface area contributed by atoms with Crippen LogP contribution in [-0.4, -0.2) is 15.7 Å². The summed E-state index contributed by atoms with van der Waals surface area (Å²) >= 11 is 1.65. The van der Waals surface area contributed by atoms with Gasteiger partial charge in [0.25, 0.3) is 0 Å². The molecular weight excluding hydrogens is 260 g/mol. The van der Waals surface area contributed by atoms with Crippen molar-refractivity contribution in [2.75, 3.05) is 0 Å². The number of carbonyl (C=O) groups is 1. The van der Waals surface area contributed by atoms with Crippen LogP contribution in [0.15, 0.2) is 52.6 Å². The molecule has 0 saturated carbocycles. The average Bonchev–Trinajstić information content (AvgIpc) is 3.16. The number of furan rings is 1. The lowest BCUT2D eigenvalue weighted by atomic mass is 10.3. The summed E-state index contributed by atoms with van der Waals surface area (Å²) in [5, 5.41) is 6.20. The molecule has 3 aromatic heterocycles. The molecule has 3 aromatic rings. The van der Waals surface area contributed by atoms with Gasteiger partial charge in [-0.25, -0.2) is 4.68 Å². The van der Waals surface area contributed by atoms with Crippen LogP contribution in [0.2, 0.25) is 0 Å². The fraction of sp³-hybridized carbons (Fsp3) is 0. The van der Waals surface area contributed by atoms with Crippen LogP contribution in [0.5, 0.6) is 0 Å². The van der Waals surface area contributed by atoms with Crippen LogP contribution in [0.4, 0.5) is 0 Å². The van der Waals surface area contributed by atoms with Crippen LogP contribution in [0, 0.1) is 0 Å². The highest BCUT2D eigenvalue weighted by Crippen LogP contribution is 2.12. The summed E-state index contributed by atoms with van der Waals surface area (Å²) in [6.45, 7) is 0. The summed E-state index contributed by atoms with van der Waals surface area (Å²) in [5.74, 6) is -0.00217. The molecule has 94 valence electrons. The van der Waals surface area contributed by atoms with Crippen LogP contribution < -0.4 is 0 Å². The van der Waals surface area contributed by atoms with Crippen LogP contribution in [-0.2, 0) is 0 Å². The summed E-state index contributed by atoms with van der Waals surface area (Å²) in [5.41, 5.74) is 0.730. The van der Waals surface area contributed by atoms with E-state index in [4.69, 9.17) is 4.42 Å². The molecule has 5 heteroatoms. The first-order chi connectivity index (χ1) is 9.33. The van der Waals surface area contributed by atoms with Crippen molar-refractivity contribution in [3.8, 4) is 0 Å². The largest absolute Gasteiger partial charge is 0.459 e. The third kappa shape index (κ3) is 2.56. The number of thiophene rings is 1. The second kappa shape index (κ2) is 5.07. The molecule has 0 amide bonds. The minimum Gasteiger partial charge on any atom is -0.459 e. The van der Waals surface area contributed by atoms with Gasteiger partial charge in [0.2, 0.25) is 0 Å². The molecule has 19 heavy (non-hydrogen) atoms. The maximum absolute atomic E-state index is 11.9. The van der Waals surface area contributed by atoms with Gasteiger partial charge < -0.3 is 4.42 Å². The first-order valence-corrected chi connectivity index (χ1v) is 6.56. The topological polar surface area (TPSA) is 48.0 Å². The van der Waals surface area contributed by atoms with Gasteiger partial charge in [-0.2, -0.15) is 5.10 Å². The predicted molar refractivity (Wildman–Crippen MR) is 73.9 cm³/mol. The number of rotatable bonds is 3. The zero-order chi connectivity index (χ0) is 13.1. The molecule has 4 nitrogen and oxygen atoms in total. The Labute approximate surface area is 113 Å². The number of aromatic nitrogens is 2. The smallest absolute Gasteiger partial charge is 0.313 e. The summed E-state index contributed by atoms with van der Waals surface area (Å²) in [4.78, 5) is 13.1. The van der Waals surface area contributed by atoms with Crippen molar-refractivity contribution in [2.45, 2.75) is 0 Å². The fourth-order valence-electron chi connectivity index (χ4n) is 1.61. The standard InChI is InChI=1S/C14H10N2O2S/c17-14(13-4-1-9-18-13)16-8-7-11(15-16)5-6-12-3-2-10-19-12/h1-10H. The molecule has 0 spiro atoms. The summed E-state index contributed by atoms with van der Waals surface area (Å²) in [6, 6.07) is 9.08. The molecule has 0 aliphatic rings. The van der Waals surface area contributed by atoms with Gasteiger partial charge in [0.05, 0.1) is 12.0 Å². The van der Waals surface area contributed by atoms with Gasteiger partial charge in [0, 0.05) is 11.1 Å². The van der Waals surface area contributed by atoms with Crippen molar-refractivity contribution in [3.63, 3.8) is 0 Å². The van der Waals surface area contributed by atoms with Gasteiger partial charge in [-0.3, -0.25) is 4.79 Å². The van der Waals surface area contributed by atoms with Crippen molar-refractivity contribution >= 4 is 29.4 Å². The molecule has 0 saturated heterocycles. The molecule has 0 N–H and O–H groups in total. The Balaban J connectivity index is 1.78. The molecule has 0 bridgehead atoms. The fourth-order valence-corrected chi connectivity index (χ4v) is 2.22. The van der Waals surface area contributed by atoms with Gasteiger partial charge in [-0.1, -0.05) is 6.07 Å². The Morgan fingerprint density at radius 1 is 1.26 bits per heavy atom. The molecule has 0 atom stereocenters. The highest BCUT2D eigenvalue weighted by molar-refractivity contribution is 7.10. The molecular formula is C14H10N2O2S. The Hall–Kier alpha value is -2.40. The van der Waals surface area contributed by atoms with Crippen molar-refractivity contribution in [1.29, 1.82) is 0 Å². The van der Waals surface area contributed by atoms with E-state index in [-0.39, 0.29) is 11.7 Å². The lowest BCUT2D eigenvalue weighted by molar-refractivity contribution is 0.0917. The maximum atomic E-state index is 11.9. The highest BCUT2D eigenvalue weighted by Gasteiger charge is 2.11. The number of hydrogen-bond donors (Lipinski definition) is 0. The molecule has 0 aromatic carbocycles. The predicted octanol–water partition coefficient (Wildman–Crippen LogP) is 3.40. The van der Waals surface area contributed by atoms with E-state index in [9.17, 15) is 4.79 Å². The Morgan fingerprint density at radius 2 is 2.21 bits per heavy atom. The minimum atomic E-state index is -0.277. The van der Waals surface area contributed by atoms with E-state index in [0.29, 0.717) is 0 Å². The van der Waals surface area contributed by atoms with E-state index < -0.39 is 0 Å². The summed E-state index contributed by atoms with van der Waals surface area (Å²) < 4.78 is 6.32. The van der Waals surface area contributed by atoms with Crippen molar-refractivity contribution in [3.05, 3.63) is 64.5 Å². The lowest BCUT2D eigenvalue weighted by Gasteiger charge is -1.94. The molecule has 3 rings (SSSR count). The van der Waals surface area contributed by atoms with Crippen LogP contribution >= 0.6 is 11.3 Å². The van der Waals surface area contributed by atoms with Crippen LogP contribution in [0.3, 0.4) is 0 Å². The summed E-state index contributed by atoms with van der Waals surface area (Å²) in [7, 11) is 0. The monoisotopic (exact) mass is 270 g/mol.